The molecular weight excluding hydrogens is 511 g/mol. The molecule has 1 atom stereocenters. The Morgan fingerprint density at radius 2 is 1.94 bits per heavy atom. The van der Waals surface area contributed by atoms with Gasteiger partial charge in [0.05, 0.1) is 20.3 Å². The summed E-state index contributed by atoms with van der Waals surface area (Å²) in [4.78, 5) is 21.5. The average molecular weight is 546 g/mol. The highest BCUT2D eigenvalue weighted by molar-refractivity contribution is 14.0. The second kappa shape index (κ2) is 12.9. The number of carbonyl (C=O) groups excluding carboxylic acids is 1. The van der Waals surface area contributed by atoms with Gasteiger partial charge in [0.15, 0.2) is 17.5 Å². The summed E-state index contributed by atoms with van der Waals surface area (Å²) in [6.07, 6.45) is 1.58. The molecular formula is C22H35IN4O4. The van der Waals surface area contributed by atoms with Crippen molar-refractivity contribution < 1.29 is 19.0 Å². The Bertz CT molecular complexity index is 732. The highest BCUT2D eigenvalue weighted by Crippen LogP contribution is 2.28. The first kappa shape index (κ1) is 25.5. The SMILES string of the molecule is CCNC(=NCc1ccc(OC)c(OCC)c1)N1CCN(C(=O)C2CCCO2)CC1.I. The van der Waals surface area contributed by atoms with Crippen LogP contribution in [0.3, 0.4) is 0 Å². The first-order chi connectivity index (χ1) is 14.7. The van der Waals surface area contributed by atoms with Crippen LogP contribution >= 0.6 is 24.0 Å². The van der Waals surface area contributed by atoms with Crippen molar-refractivity contribution in [1.82, 2.24) is 15.1 Å². The van der Waals surface area contributed by atoms with Gasteiger partial charge in [-0.3, -0.25) is 4.79 Å². The summed E-state index contributed by atoms with van der Waals surface area (Å²) < 4.78 is 16.6. The molecule has 3 rings (SSSR count). The van der Waals surface area contributed by atoms with Gasteiger partial charge >= 0.3 is 0 Å². The molecule has 0 radical (unpaired) electrons. The van der Waals surface area contributed by atoms with Crippen LogP contribution in [0.1, 0.15) is 32.3 Å². The molecule has 0 saturated carbocycles. The van der Waals surface area contributed by atoms with Crippen LogP contribution in [0.5, 0.6) is 11.5 Å². The van der Waals surface area contributed by atoms with Gasteiger partial charge in [0.25, 0.3) is 5.91 Å². The molecule has 2 heterocycles. The molecule has 1 aromatic rings. The van der Waals surface area contributed by atoms with Gasteiger partial charge in [0.1, 0.15) is 6.10 Å². The molecule has 8 nitrogen and oxygen atoms in total. The van der Waals surface area contributed by atoms with Gasteiger partial charge in [-0.15, -0.1) is 24.0 Å². The zero-order chi connectivity index (χ0) is 21.3. The summed E-state index contributed by atoms with van der Waals surface area (Å²) in [5.41, 5.74) is 1.06. The van der Waals surface area contributed by atoms with E-state index in [9.17, 15) is 4.79 Å². The topological polar surface area (TPSA) is 75.6 Å². The standard InChI is InChI=1S/C22H34N4O4.HI/c1-4-23-22(24-16-17-8-9-18(28-3)20(15-17)29-5-2)26-12-10-25(11-13-26)21(27)19-7-6-14-30-19;/h8-9,15,19H,4-7,10-14,16H2,1-3H3,(H,23,24);1H. The predicted octanol–water partition coefficient (Wildman–Crippen LogP) is 2.50. The number of piperazine rings is 1. The third-order valence-electron chi connectivity index (χ3n) is 5.37. The minimum atomic E-state index is -0.243. The number of nitrogens with one attached hydrogen (secondary N) is 1. The number of methoxy groups -OCH3 is 1. The van der Waals surface area contributed by atoms with Gasteiger partial charge in [0.2, 0.25) is 0 Å². The van der Waals surface area contributed by atoms with E-state index in [1.807, 2.05) is 30.0 Å². The Morgan fingerprint density at radius 1 is 1.19 bits per heavy atom. The summed E-state index contributed by atoms with van der Waals surface area (Å²) in [7, 11) is 1.64. The number of ether oxygens (including phenoxy) is 3. The van der Waals surface area contributed by atoms with Crippen molar-refractivity contribution in [1.29, 1.82) is 0 Å². The van der Waals surface area contributed by atoms with Crippen molar-refractivity contribution >= 4 is 35.8 Å². The predicted molar refractivity (Wildman–Crippen MR) is 132 cm³/mol. The molecule has 1 aromatic carbocycles. The molecule has 31 heavy (non-hydrogen) atoms. The number of amides is 1. The largest absolute Gasteiger partial charge is 0.493 e. The van der Waals surface area contributed by atoms with Crippen molar-refractivity contribution in [2.75, 3.05) is 53.0 Å². The number of guanidine groups is 1. The van der Waals surface area contributed by atoms with Crippen LogP contribution in [0.4, 0.5) is 0 Å². The lowest BCUT2D eigenvalue weighted by Gasteiger charge is -2.37. The highest BCUT2D eigenvalue weighted by Gasteiger charge is 2.30. The fourth-order valence-corrected chi connectivity index (χ4v) is 3.79. The van der Waals surface area contributed by atoms with E-state index in [1.54, 1.807) is 7.11 Å². The molecule has 1 unspecified atom stereocenters. The van der Waals surface area contributed by atoms with E-state index in [0.29, 0.717) is 32.8 Å². The van der Waals surface area contributed by atoms with Crippen molar-refractivity contribution in [2.24, 2.45) is 4.99 Å². The summed E-state index contributed by atoms with van der Waals surface area (Å²) in [6.45, 7) is 9.55. The number of nitrogens with zero attached hydrogens (tertiary/aromatic N) is 3. The summed E-state index contributed by atoms with van der Waals surface area (Å²) in [5.74, 6) is 2.47. The molecule has 0 spiro atoms. The van der Waals surface area contributed by atoms with Gasteiger partial charge in [-0.25, -0.2) is 4.99 Å². The number of rotatable bonds is 7. The van der Waals surface area contributed by atoms with E-state index in [-0.39, 0.29) is 36.0 Å². The fraction of sp³-hybridized carbons (Fsp3) is 0.636. The van der Waals surface area contributed by atoms with Crippen molar-refractivity contribution in [3.63, 3.8) is 0 Å². The Hall–Kier alpha value is -1.75. The Balaban J connectivity index is 0.00000341. The Kier molecular flexibility index (Phi) is 10.7. The molecule has 2 aliphatic heterocycles. The maximum Gasteiger partial charge on any atom is 0.251 e. The molecule has 0 bridgehead atoms. The van der Waals surface area contributed by atoms with Gasteiger partial charge in [-0.05, 0) is 44.4 Å². The lowest BCUT2D eigenvalue weighted by Crippen LogP contribution is -2.55. The minimum Gasteiger partial charge on any atom is -0.493 e. The average Bonchev–Trinajstić information content (AvgIpc) is 3.32. The molecule has 1 N–H and O–H groups in total. The molecule has 2 fully saturated rings. The molecule has 0 aliphatic carbocycles. The van der Waals surface area contributed by atoms with Crippen LogP contribution < -0.4 is 14.8 Å². The van der Waals surface area contributed by atoms with E-state index in [1.165, 1.54) is 0 Å². The summed E-state index contributed by atoms with van der Waals surface area (Å²) >= 11 is 0. The minimum absolute atomic E-state index is 0. The van der Waals surface area contributed by atoms with Crippen LogP contribution in [0.15, 0.2) is 23.2 Å². The van der Waals surface area contributed by atoms with E-state index in [4.69, 9.17) is 19.2 Å². The maximum atomic E-state index is 12.6. The first-order valence-corrected chi connectivity index (χ1v) is 10.9. The van der Waals surface area contributed by atoms with Crippen LogP contribution in [-0.4, -0.2) is 80.8 Å². The third kappa shape index (κ3) is 6.86. The van der Waals surface area contributed by atoms with Gasteiger partial charge in [-0.2, -0.15) is 0 Å². The quantitative estimate of drug-likeness (QED) is 0.322. The number of halogens is 1. The molecule has 0 aromatic heterocycles. The highest BCUT2D eigenvalue weighted by atomic mass is 127. The number of carbonyl (C=O) groups is 1. The Morgan fingerprint density at radius 3 is 2.55 bits per heavy atom. The number of benzene rings is 1. The van der Waals surface area contributed by atoms with Crippen LogP contribution in [0.25, 0.3) is 0 Å². The van der Waals surface area contributed by atoms with Crippen molar-refractivity contribution in [2.45, 2.75) is 39.3 Å². The van der Waals surface area contributed by atoms with Gasteiger partial charge < -0.3 is 29.3 Å². The zero-order valence-corrected chi connectivity index (χ0v) is 21.1. The smallest absolute Gasteiger partial charge is 0.251 e. The first-order valence-electron chi connectivity index (χ1n) is 10.9. The molecule has 2 saturated heterocycles. The van der Waals surface area contributed by atoms with Crippen molar-refractivity contribution in [3.8, 4) is 11.5 Å². The number of hydrogen-bond acceptors (Lipinski definition) is 5. The third-order valence-corrected chi connectivity index (χ3v) is 5.37. The van der Waals surface area contributed by atoms with Crippen molar-refractivity contribution in [3.05, 3.63) is 23.8 Å². The number of aliphatic imine (C=N–C) groups is 1. The zero-order valence-electron chi connectivity index (χ0n) is 18.8. The monoisotopic (exact) mass is 546 g/mol. The van der Waals surface area contributed by atoms with E-state index in [0.717, 1.165) is 55.5 Å². The molecule has 9 heteroatoms. The van der Waals surface area contributed by atoms with Crippen LogP contribution in [0.2, 0.25) is 0 Å². The lowest BCUT2D eigenvalue weighted by molar-refractivity contribution is -0.142. The normalized spacial score (nSPS) is 19.1. The molecule has 174 valence electrons. The molecule has 2 aliphatic rings. The van der Waals surface area contributed by atoms with Gasteiger partial charge in [-0.1, -0.05) is 6.07 Å². The maximum absolute atomic E-state index is 12.6. The van der Waals surface area contributed by atoms with Gasteiger partial charge in [0, 0.05) is 39.3 Å². The lowest BCUT2D eigenvalue weighted by atomic mass is 10.2. The van der Waals surface area contributed by atoms with Crippen LogP contribution in [-0.2, 0) is 16.1 Å². The van der Waals surface area contributed by atoms with Crippen LogP contribution in [0, 0.1) is 0 Å². The van der Waals surface area contributed by atoms with E-state index >= 15 is 0 Å². The molecule has 1 amide bonds. The fourth-order valence-electron chi connectivity index (χ4n) is 3.79. The second-order valence-electron chi connectivity index (χ2n) is 7.40. The second-order valence-corrected chi connectivity index (χ2v) is 7.40. The number of hydrogen-bond donors (Lipinski definition) is 1. The summed E-state index contributed by atoms with van der Waals surface area (Å²) in [5, 5.41) is 3.38. The summed E-state index contributed by atoms with van der Waals surface area (Å²) in [6, 6.07) is 5.90. The Labute approximate surface area is 202 Å². The van der Waals surface area contributed by atoms with E-state index in [2.05, 4.69) is 17.1 Å². The van der Waals surface area contributed by atoms with E-state index < -0.39 is 0 Å².